The third kappa shape index (κ3) is 5.10. The van der Waals surface area contributed by atoms with Crippen LogP contribution in [0, 0.1) is 0 Å². The molecule has 1 aliphatic heterocycles. The summed E-state index contributed by atoms with van der Waals surface area (Å²) in [5.74, 6) is 0.782. The molecule has 3 rings (SSSR count). The van der Waals surface area contributed by atoms with Gasteiger partial charge in [-0.05, 0) is 29.8 Å². The fraction of sp³-hybridized carbons (Fsp3) is 0.286. The van der Waals surface area contributed by atoms with Crippen LogP contribution in [-0.2, 0) is 6.61 Å². The predicted octanol–water partition coefficient (Wildman–Crippen LogP) is 3.60. The van der Waals surface area contributed by atoms with Gasteiger partial charge in [0, 0.05) is 38.4 Å². The van der Waals surface area contributed by atoms with E-state index >= 15 is 0 Å². The highest BCUT2D eigenvalue weighted by Crippen LogP contribution is 2.17. The standard InChI is InChI=1S/C21H25N3O2/c1-2-12-23-13-15-24(16-14-23)21(25)22-19-8-10-20(11-9-19)26-17-18-6-4-3-5-7-18/h2-11H,1,12-17H2,(H,22,25). The Kier molecular flexibility index (Phi) is 6.28. The molecular weight excluding hydrogens is 326 g/mol. The molecule has 0 atom stereocenters. The number of rotatable bonds is 6. The molecule has 0 aromatic heterocycles. The summed E-state index contributed by atoms with van der Waals surface area (Å²) < 4.78 is 5.77. The molecule has 1 aliphatic rings. The summed E-state index contributed by atoms with van der Waals surface area (Å²) in [7, 11) is 0. The number of urea groups is 1. The minimum atomic E-state index is -0.0544. The molecule has 5 nitrogen and oxygen atoms in total. The van der Waals surface area contributed by atoms with Crippen molar-refractivity contribution in [2.75, 3.05) is 38.0 Å². The normalized spacial score (nSPS) is 14.7. The molecule has 2 aromatic carbocycles. The van der Waals surface area contributed by atoms with E-state index in [1.807, 2.05) is 65.6 Å². The topological polar surface area (TPSA) is 44.8 Å². The van der Waals surface area contributed by atoms with E-state index in [0.717, 1.165) is 49.7 Å². The number of piperazine rings is 1. The molecule has 1 N–H and O–H groups in total. The number of ether oxygens (including phenoxy) is 1. The number of nitrogens with one attached hydrogen (secondary N) is 1. The summed E-state index contributed by atoms with van der Waals surface area (Å²) in [6.07, 6.45) is 1.90. The SMILES string of the molecule is C=CCN1CCN(C(=O)Nc2ccc(OCc3ccccc3)cc2)CC1. The van der Waals surface area contributed by atoms with Crippen molar-refractivity contribution in [1.29, 1.82) is 0 Å². The largest absolute Gasteiger partial charge is 0.489 e. The minimum absolute atomic E-state index is 0.0544. The zero-order chi connectivity index (χ0) is 18.2. The van der Waals surface area contributed by atoms with Crippen LogP contribution in [0.15, 0.2) is 67.3 Å². The van der Waals surface area contributed by atoms with Crippen LogP contribution in [0.5, 0.6) is 5.75 Å². The second-order valence-electron chi connectivity index (χ2n) is 6.31. The van der Waals surface area contributed by atoms with Crippen molar-refractivity contribution >= 4 is 11.7 Å². The molecule has 0 unspecified atom stereocenters. The van der Waals surface area contributed by atoms with Crippen LogP contribution >= 0.6 is 0 Å². The summed E-state index contributed by atoms with van der Waals surface area (Å²) in [5, 5.41) is 2.95. The smallest absolute Gasteiger partial charge is 0.321 e. The van der Waals surface area contributed by atoms with Gasteiger partial charge >= 0.3 is 6.03 Å². The van der Waals surface area contributed by atoms with Crippen molar-refractivity contribution in [2.45, 2.75) is 6.61 Å². The zero-order valence-electron chi connectivity index (χ0n) is 14.9. The fourth-order valence-corrected chi connectivity index (χ4v) is 2.89. The molecule has 0 bridgehead atoms. The number of benzene rings is 2. The van der Waals surface area contributed by atoms with Gasteiger partial charge in [0.2, 0.25) is 0 Å². The van der Waals surface area contributed by atoms with Gasteiger partial charge in [0.1, 0.15) is 12.4 Å². The predicted molar refractivity (Wildman–Crippen MR) is 104 cm³/mol. The Morgan fingerprint density at radius 1 is 1.04 bits per heavy atom. The number of nitrogens with zero attached hydrogens (tertiary/aromatic N) is 2. The van der Waals surface area contributed by atoms with E-state index in [2.05, 4.69) is 16.8 Å². The Labute approximate surface area is 154 Å². The van der Waals surface area contributed by atoms with Crippen molar-refractivity contribution in [3.8, 4) is 5.75 Å². The monoisotopic (exact) mass is 351 g/mol. The molecule has 0 aliphatic carbocycles. The molecule has 0 radical (unpaired) electrons. The maximum absolute atomic E-state index is 12.4. The molecule has 1 heterocycles. The maximum atomic E-state index is 12.4. The average Bonchev–Trinajstić information content (AvgIpc) is 2.69. The number of anilines is 1. The lowest BCUT2D eigenvalue weighted by atomic mass is 10.2. The first-order valence-electron chi connectivity index (χ1n) is 8.90. The number of hydrogen-bond acceptors (Lipinski definition) is 3. The lowest BCUT2D eigenvalue weighted by molar-refractivity contribution is 0.156. The van der Waals surface area contributed by atoms with Crippen LogP contribution in [0.25, 0.3) is 0 Å². The summed E-state index contributed by atoms with van der Waals surface area (Å²) in [5.41, 5.74) is 1.90. The molecule has 0 spiro atoms. The van der Waals surface area contributed by atoms with Crippen molar-refractivity contribution in [3.05, 3.63) is 72.8 Å². The second-order valence-corrected chi connectivity index (χ2v) is 6.31. The molecule has 0 saturated carbocycles. The third-order valence-corrected chi connectivity index (χ3v) is 4.40. The van der Waals surface area contributed by atoms with Gasteiger partial charge in [-0.1, -0.05) is 36.4 Å². The molecule has 26 heavy (non-hydrogen) atoms. The Hall–Kier alpha value is -2.79. The van der Waals surface area contributed by atoms with Crippen molar-refractivity contribution < 1.29 is 9.53 Å². The van der Waals surface area contributed by atoms with Crippen molar-refractivity contribution in [2.24, 2.45) is 0 Å². The van der Waals surface area contributed by atoms with Gasteiger partial charge in [-0.3, -0.25) is 4.90 Å². The van der Waals surface area contributed by atoms with Crippen molar-refractivity contribution in [3.63, 3.8) is 0 Å². The minimum Gasteiger partial charge on any atom is -0.489 e. The summed E-state index contributed by atoms with van der Waals surface area (Å²) in [6.45, 7) is 8.39. The van der Waals surface area contributed by atoms with E-state index in [9.17, 15) is 4.79 Å². The van der Waals surface area contributed by atoms with Gasteiger partial charge in [-0.2, -0.15) is 0 Å². The lowest BCUT2D eigenvalue weighted by Gasteiger charge is -2.34. The van der Waals surface area contributed by atoms with Crippen LogP contribution in [0.2, 0.25) is 0 Å². The van der Waals surface area contributed by atoms with E-state index in [0.29, 0.717) is 6.61 Å². The molecule has 136 valence electrons. The zero-order valence-corrected chi connectivity index (χ0v) is 14.9. The van der Waals surface area contributed by atoms with Gasteiger partial charge in [0.25, 0.3) is 0 Å². The van der Waals surface area contributed by atoms with Crippen LogP contribution in [0.4, 0.5) is 10.5 Å². The van der Waals surface area contributed by atoms with Gasteiger partial charge in [-0.25, -0.2) is 4.79 Å². The molecule has 1 fully saturated rings. The molecule has 2 aromatic rings. The average molecular weight is 351 g/mol. The second kappa shape index (κ2) is 9.06. The Balaban J connectivity index is 1.46. The highest BCUT2D eigenvalue weighted by atomic mass is 16.5. The highest BCUT2D eigenvalue weighted by Gasteiger charge is 2.20. The Bertz CT molecular complexity index is 708. The first kappa shape index (κ1) is 18.0. The van der Waals surface area contributed by atoms with E-state index in [1.165, 1.54) is 0 Å². The maximum Gasteiger partial charge on any atom is 0.321 e. The number of carbonyl (C=O) groups is 1. The first-order valence-corrected chi connectivity index (χ1v) is 8.90. The molecule has 1 saturated heterocycles. The third-order valence-electron chi connectivity index (χ3n) is 4.40. The van der Waals surface area contributed by atoms with Gasteiger partial charge in [0.15, 0.2) is 0 Å². The van der Waals surface area contributed by atoms with Crippen LogP contribution in [-0.4, -0.2) is 48.6 Å². The van der Waals surface area contributed by atoms with Crippen molar-refractivity contribution in [1.82, 2.24) is 9.80 Å². The summed E-state index contributed by atoms with van der Waals surface area (Å²) in [6, 6.07) is 17.5. The van der Waals surface area contributed by atoms with Crippen LogP contribution in [0.1, 0.15) is 5.56 Å². The molecule has 2 amide bonds. The lowest BCUT2D eigenvalue weighted by Crippen LogP contribution is -2.49. The van der Waals surface area contributed by atoms with Crippen LogP contribution in [0.3, 0.4) is 0 Å². The quantitative estimate of drug-likeness (QED) is 0.809. The van der Waals surface area contributed by atoms with Gasteiger partial charge in [0.05, 0.1) is 0 Å². The highest BCUT2D eigenvalue weighted by molar-refractivity contribution is 5.89. The number of carbonyl (C=O) groups excluding carboxylic acids is 1. The first-order chi connectivity index (χ1) is 12.7. The van der Waals surface area contributed by atoms with Gasteiger partial charge < -0.3 is 15.0 Å². The fourth-order valence-electron chi connectivity index (χ4n) is 2.89. The van der Waals surface area contributed by atoms with E-state index in [4.69, 9.17) is 4.74 Å². The molecule has 5 heteroatoms. The Morgan fingerprint density at radius 3 is 2.38 bits per heavy atom. The van der Waals surface area contributed by atoms with Gasteiger partial charge in [-0.15, -0.1) is 6.58 Å². The Morgan fingerprint density at radius 2 is 1.73 bits per heavy atom. The van der Waals surface area contributed by atoms with E-state index in [-0.39, 0.29) is 6.03 Å². The van der Waals surface area contributed by atoms with Crippen LogP contribution < -0.4 is 10.1 Å². The number of hydrogen-bond donors (Lipinski definition) is 1. The molecular formula is C21H25N3O2. The van der Waals surface area contributed by atoms with E-state index in [1.54, 1.807) is 0 Å². The van der Waals surface area contributed by atoms with E-state index < -0.39 is 0 Å². The number of amides is 2. The summed E-state index contributed by atoms with van der Waals surface area (Å²) in [4.78, 5) is 16.5. The summed E-state index contributed by atoms with van der Waals surface area (Å²) >= 11 is 0.